The van der Waals surface area contributed by atoms with Crippen LogP contribution in [0.15, 0.2) is 48.5 Å². The van der Waals surface area contributed by atoms with Gasteiger partial charge < -0.3 is 10.1 Å². The number of esters is 1. The van der Waals surface area contributed by atoms with E-state index in [1.165, 1.54) is 12.1 Å². The smallest absolute Gasteiger partial charge is 0.338 e. The molecule has 0 aromatic heterocycles. The molecule has 136 valence electrons. The van der Waals surface area contributed by atoms with Crippen LogP contribution < -0.4 is 5.32 Å². The molecule has 0 saturated heterocycles. The molecule has 0 spiro atoms. The highest BCUT2D eigenvalue weighted by molar-refractivity contribution is 6.00. The molecule has 0 saturated carbocycles. The highest BCUT2D eigenvalue weighted by atomic mass is 19.1. The Hall–Kier alpha value is -3.02. The number of rotatable bonds is 7. The Morgan fingerprint density at radius 1 is 0.962 bits per heavy atom. The molecule has 26 heavy (non-hydrogen) atoms. The van der Waals surface area contributed by atoms with Crippen LogP contribution >= 0.6 is 0 Å². The van der Waals surface area contributed by atoms with Gasteiger partial charge in [0.15, 0.2) is 12.4 Å². The van der Waals surface area contributed by atoms with Crippen LogP contribution in [-0.4, -0.2) is 24.3 Å². The van der Waals surface area contributed by atoms with Gasteiger partial charge in [-0.1, -0.05) is 13.8 Å². The molecule has 0 atom stereocenters. The summed E-state index contributed by atoms with van der Waals surface area (Å²) < 4.78 is 17.8. The number of ether oxygens (including phenoxy) is 1. The van der Waals surface area contributed by atoms with Gasteiger partial charge in [0, 0.05) is 17.7 Å². The summed E-state index contributed by atoms with van der Waals surface area (Å²) in [5.41, 5.74) is 1.12. The summed E-state index contributed by atoms with van der Waals surface area (Å²) >= 11 is 0. The second kappa shape index (κ2) is 8.89. The van der Waals surface area contributed by atoms with Crippen molar-refractivity contribution >= 4 is 23.3 Å². The second-order valence-corrected chi connectivity index (χ2v) is 6.23. The number of halogens is 1. The Morgan fingerprint density at radius 2 is 1.54 bits per heavy atom. The third-order valence-electron chi connectivity index (χ3n) is 3.50. The SMILES string of the molecule is CC(C)CC(=O)Nc1ccc(C(=O)COC(=O)c2ccc(F)cc2)cc1. The first-order valence-corrected chi connectivity index (χ1v) is 8.21. The first-order valence-electron chi connectivity index (χ1n) is 8.21. The number of nitrogens with one attached hydrogen (secondary N) is 1. The number of hydrogen-bond donors (Lipinski definition) is 1. The van der Waals surface area contributed by atoms with Crippen LogP contribution in [0.1, 0.15) is 41.0 Å². The average molecular weight is 357 g/mol. The molecular formula is C20H20FNO4. The summed E-state index contributed by atoms with van der Waals surface area (Å²) in [6, 6.07) is 11.2. The molecule has 1 amide bonds. The Morgan fingerprint density at radius 3 is 2.12 bits per heavy atom. The summed E-state index contributed by atoms with van der Waals surface area (Å²) in [4.78, 5) is 35.6. The minimum atomic E-state index is -0.698. The first kappa shape index (κ1) is 19.3. The summed E-state index contributed by atoms with van der Waals surface area (Å²) in [7, 11) is 0. The number of ketones is 1. The van der Waals surface area contributed by atoms with E-state index in [0.717, 1.165) is 12.1 Å². The van der Waals surface area contributed by atoms with Crippen LogP contribution in [0.25, 0.3) is 0 Å². The monoisotopic (exact) mass is 357 g/mol. The largest absolute Gasteiger partial charge is 0.454 e. The van der Waals surface area contributed by atoms with Gasteiger partial charge >= 0.3 is 5.97 Å². The third-order valence-corrected chi connectivity index (χ3v) is 3.50. The molecule has 1 N–H and O–H groups in total. The Labute approximate surface area is 151 Å². The number of hydrogen-bond acceptors (Lipinski definition) is 4. The zero-order chi connectivity index (χ0) is 19.1. The van der Waals surface area contributed by atoms with Crippen molar-refractivity contribution < 1.29 is 23.5 Å². The average Bonchev–Trinajstić information content (AvgIpc) is 2.60. The molecule has 0 fully saturated rings. The number of benzene rings is 2. The quantitative estimate of drug-likeness (QED) is 0.603. The maximum absolute atomic E-state index is 12.8. The Balaban J connectivity index is 1.88. The minimum absolute atomic E-state index is 0.0905. The van der Waals surface area contributed by atoms with Crippen LogP contribution in [0.5, 0.6) is 0 Å². The number of amides is 1. The molecule has 2 aromatic carbocycles. The minimum Gasteiger partial charge on any atom is -0.454 e. The van der Waals surface area contributed by atoms with E-state index in [1.807, 2.05) is 13.8 Å². The molecular weight excluding hydrogens is 337 g/mol. The highest BCUT2D eigenvalue weighted by Gasteiger charge is 2.12. The molecule has 0 aliphatic rings. The van der Waals surface area contributed by atoms with E-state index in [1.54, 1.807) is 24.3 Å². The summed E-state index contributed by atoms with van der Waals surface area (Å²) in [6.45, 7) is 3.48. The van der Waals surface area contributed by atoms with Crippen LogP contribution in [0.2, 0.25) is 0 Å². The van der Waals surface area contributed by atoms with Crippen LogP contribution in [0.4, 0.5) is 10.1 Å². The standard InChI is InChI=1S/C20H20FNO4/c1-13(2)11-19(24)22-17-9-5-14(6-10-17)18(23)12-26-20(25)15-3-7-16(21)8-4-15/h3-10,13H,11-12H2,1-2H3,(H,22,24). The van der Waals surface area contributed by atoms with Crippen LogP contribution in [-0.2, 0) is 9.53 Å². The van der Waals surface area contributed by atoms with E-state index in [4.69, 9.17) is 4.74 Å². The van der Waals surface area contributed by atoms with Gasteiger partial charge in [-0.2, -0.15) is 0 Å². The fourth-order valence-electron chi connectivity index (χ4n) is 2.21. The van der Waals surface area contributed by atoms with Crippen molar-refractivity contribution in [3.63, 3.8) is 0 Å². The molecule has 0 heterocycles. The maximum Gasteiger partial charge on any atom is 0.338 e. The fourth-order valence-corrected chi connectivity index (χ4v) is 2.21. The predicted octanol–water partition coefficient (Wildman–Crippen LogP) is 3.85. The highest BCUT2D eigenvalue weighted by Crippen LogP contribution is 2.12. The van der Waals surface area contributed by atoms with E-state index in [0.29, 0.717) is 17.7 Å². The molecule has 5 nitrogen and oxygen atoms in total. The van der Waals surface area contributed by atoms with Crippen LogP contribution in [0, 0.1) is 11.7 Å². The molecule has 2 rings (SSSR count). The van der Waals surface area contributed by atoms with Crippen molar-refractivity contribution in [2.45, 2.75) is 20.3 Å². The summed E-state index contributed by atoms with van der Waals surface area (Å²) in [6.07, 6.45) is 0.417. The van der Waals surface area contributed by atoms with Crippen molar-refractivity contribution in [1.82, 2.24) is 0 Å². The third kappa shape index (κ3) is 5.81. The zero-order valence-corrected chi connectivity index (χ0v) is 14.6. The lowest BCUT2D eigenvalue weighted by molar-refractivity contribution is -0.116. The van der Waals surface area contributed by atoms with Gasteiger partial charge in [-0.25, -0.2) is 9.18 Å². The lowest BCUT2D eigenvalue weighted by Crippen LogP contribution is -2.15. The van der Waals surface area contributed by atoms with Crippen molar-refractivity contribution in [1.29, 1.82) is 0 Å². The van der Waals surface area contributed by atoms with E-state index in [2.05, 4.69) is 5.32 Å². The normalized spacial score (nSPS) is 10.5. The fraction of sp³-hybridized carbons (Fsp3) is 0.250. The van der Waals surface area contributed by atoms with Gasteiger partial charge in [0.05, 0.1) is 5.56 Å². The summed E-state index contributed by atoms with van der Waals surface area (Å²) in [5, 5.41) is 2.75. The molecule has 2 aromatic rings. The zero-order valence-electron chi connectivity index (χ0n) is 14.6. The van der Waals surface area contributed by atoms with Gasteiger partial charge in [-0.3, -0.25) is 9.59 Å². The second-order valence-electron chi connectivity index (χ2n) is 6.23. The van der Waals surface area contributed by atoms with Crippen molar-refractivity contribution in [2.24, 2.45) is 5.92 Å². The molecule has 0 bridgehead atoms. The number of Topliss-reactive ketones (excluding diaryl/α,β-unsaturated/α-hetero) is 1. The van der Waals surface area contributed by atoms with Gasteiger partial charge in [-0.15, -0.1) is 0 Å². The molecule has 0 radical (unpaired) electrons. The maximum atomic E-state index is 12.8. The van der Waals surface area contributed by atoms with Crippen molar-refractivity contribution in [3.05, 3.63) is 65.5 Å². The number of carbonyl (C=O) groups is 3. The topological polar surface area (TPSA) is 72.5 Å². The first-order chi connectivity index (χ1) is 12.3. The number of carbonyl (C=O) groups excluding carboxylic acids is 3. The molecule has 0 unspecified atom stereocenters. The lowest BCUT2D eigenvalue weighted by atomic mass is 10.1. The lowest BCUT2D eigenvalue weighted by Gasteiger charge is -2.08. The molecule has 0 aliphatic heterocycles. The predicted molar refractivity (Wildman–Crippen MR) is 95.5 cm³/mol. The number of anilines is 1. The molecule has 6 heteroatoms. The van der Waals surface area contributed by atoms with E-state index in [-0.39, 0.29) is 23.2 Å². The van der Waals surface area contributed by atoms with E-state index >= 15 is 0 Å². The summed E-state index contributed by atoms with van der Waals surface area (Å²) in [5.74, 6) is -1.37. The Kier molecular flexibility index (Phi) is 6.60. The van der Waals surface area contributed by atoms with Crippen molar-refractivity contribution in [2.75, 3.05) is 11.9 Å². The van der Waals surface area contributed by atoms with Gasteiger partial charge in [0.2, 0.25) is 5.91 Å². The van der Waals surface area contributed by atoms with Gasteiger partial charge in [-0.05, 0) is 54.4 Å². The Bertz CT molecular complexity index is 782. The molecule has 0 aliphatic carbocycles. The van der Waals surface area contributed by atoms with Gasteiger partial charge in [0.25, 0.3) is 0 Å². The van der Waals surface area contributed by atoms with Gasteiger partial charge in [0.1, 0.15) is 5.82 Å². The van der Waals surface area contributed by atoms with Crippen LogP contribution in [0.3, 0.4) is 0 Å². The van der Waals surface area contributed by atoms with E-state index in [9.17, 15) is 18.8 Å². The van der Waals surface area contributed by atoms with E-state index < -0.39 is 18.4 Å². The van der Waals surface area contributed by atoms with Crippen molar-refractivity contribution in [3.8, 4) is 0 Å².